The maximum Gasteiger partial charge on any atom is 0.0416 e. The lowest BCUT2D eigenvalue weighted by molar-refractivity contribution is 0.220. The Kier molecular flexibility index (Phi) is 4.07. The third-order valence-corrected chi connectivity index (χ3v) is 4.53. The second kappa shape index (κ2) is 5.44. The molecule has 1 heterocycles. The molecule has 1 saturated heterocycles. The summed E-state index contributed by atoms with van der Waals surface area (Å²) in [6, 6.07) is 6.26. The van der Waals surface area contributed by atoms with Gasteiger partial charge in [-0.15, -0.1) is 0 Å². The molecule has 0 aromatic heterocycles. The van der Waals surface area contributed by atoms with E-state index in [1.54, 1.807) is 0 Å². The minimum Gasteiger partial charge on any atom is -0.399 e. The van der Waals surface area contributed by atoms with Gasteiger partial charge in [0.2, 0.25) is 0 Å². The smallest absolute Gasteiger partial charge is 0.0416 e. The van der Waals surface area contributed by atoms with Crippen LogP contribution in [0.5, 0.6) is 0 Å². The third kappa shape index (κ3) is 3.43. The highest BCUT2D eigenvalue weighted by Crippen LogP contribution is 2.35. The fourth-order valence-corrected chi connectivity index (χ4v) is 3.17. The Balaban J connectivity index is 2.13. The molecule has 0 amide bonds. The summed E-state index contributed by atoms with van der Waals surface area (Å²) in [5.41, 5.74) is 9.91. The average molecular weight is 260 g/mol. The first-order valence-corrected chi connectivity index (χ1v) is 7.49. The molecule has 1 atom stereocenters. The molecule has 1 aliphatic heterocycles. The van der Waals surface area contributed by atoms with Crippen molar-refractivity contribution in [2.45, 2.75) is 47.0 Å². The molecule has 1 aromatic carbocycles. The van der Waals surface area contributed by atoms with E-state index in [-0.39, 0.29) is 0 Å². The Morgan fingerprint density at radius 1 is 1.16 bits per heavy atom. The van der Waals surface area contributed by atoms with E-state index in [0.29, 0.717) is 5.41 Å². The lowest BCUT2D eigenvalue weighted by Crippen LogP contribution is -2.26. The van der Waals surface area contributed by atoms with E-state index in [4.69, 9.17) is 5.73 Å². The van der Waals surface area contributed by atoms with Gasteiger partial charge in [0.15, 0.2) is 0 Å². The highest BCUT2D eigenvalue weighted by atomic mass is 15.1. The molecule has 0 bridgehead atoms. The molecule has 0 radical (unpaired) electrons. The van der Waals surface area contributed by atoms with Gasteiger partial charge in [-0.25, -0.2) is 0 Å². The van der Waals surface area contributed by atoms with Crippen molar-refractivity contribution < 1.29 is 0 Å². The Labute approximate surface area is 118 Å². The number of nitrogens with zero attached hydrogens (tertiary/aromatic N) is 1. The van der Waals surface area contributed by atoms with E-state index in [1.807, 2.05) is 6.07 Å². The minimum absolute atomic E-state index is 0.431. The van der Waals surface area contributed by atoms with Crippen LogP contribution in [0, 0.1) is 18.3 Å². The standard InChI is InChI=1S/C17H28N2/c1-13-7-8-15(18)12-16(13)19-10-5-6-14(9-11-19)17(2,3)4/h7-8,12,14H,5-6,9-11,18H2,1-4H3. The maximum atomic E-state index is 5.94. The van der Waals surface area contributed by atoms with E-state index < -0.39 is 0 Å². The normalized spacial score (nSPS) is 21.3. The predicted octanol–water partition coefficient (Wildman–Crippen LogP) is 4.23. The summed E-state index contributed by atoms with van der Waals surface area (Å²) < 4.78 is 0. The van der Waals surface area contributed by atoms with Crippen molar-refractivity contribution >= 4 is 11.4 Å². The maximum absolute atomic E-state index is 5.94. The molecule has 2 rings (SSSR count). The van der Waals surface area contributed by atoms with Crippen molar-refractivity contribution in [1.29, 1.82) is 0 Å². The van der Waals surface area contributed by atoms with E-state index in [9.17, 15) is 0 Å². The van der Waals surface area contributed by atoms with Gasteiger partial charge >= 0.3 is 0 Å². The molecule has 1 fully saturated rings. The number of hydrogen-bond acceptors (Lipinski definition) is 2. The van der Waals surface area contributed by atoms with Gasteiger partial charge in [-0.05, 0) is 55.2 Å². The molecule has 2 heteroatoms. The van der Waals surface area contributed by atoms with Crippen molar-refractivity contribution in [1.82, 2.24) is 0 Å². The van der Waals surface area contributed by atoms with Gasteiger partial charge in [0, 0.05) is 24.5 Å². The molecule has 0 aliphatic carbocycles. The predicted molar refractivity (Wildman–Crippen MR) is 84.6 cm³/mol. The molecule has 1 unspecified atom stereocenters. The fourth-order valence-electron chi connectivity index (χ4n) is 3.17. The summed E-state index contributed by atoms with van der Waals surface area (Å²) in [6.45, 7) is 11.6. The number of benzene rings is 1. The van der Waals surface area contributed by atoms with Crippen LogP contribution < -0.4 is 10.6 Å². The lowest BCUT2D eigenvalue weighted by atomic mass is 9.77. The molecule has 0 saturated carbocycles. The van der Waals surface area contributed by atoms with E-state index in [2.05, 4.69) is 44.7 Å². The van der Waals surface area contributed by atoms with E-state index in [1.165, 1.54) is 30.5 Å². The number of nitrogen functional groups attached to an aromatic ring is 1. The lowest BCUT2D eigenvalue weighted by Gasteiger charge is -2.30. The summed E-state index contributed by atoms with van der Waals surface area (Å²) in [5, 5.41) is 0. The molecule has 1 aliphatic rings. The molecule has 2 N–H and O–H groups in total. The molecule has 106 valence electrons. The van der Waals surface area contributed by atoms with Gasteiger partial charge in [0.1, 0.15) is 0 Å². The van der Waals surface area contributed by atoms with Gasteiger partial charge < -0.3 is 10.6 Å². The number of hydrogen-bond donors (Lipinski definition) is 1. The molecule has 2 nitrogen and oxygen atoms in total. The Morgan fingerprint density at radius 3 is 2.58 bits per heavy atom. The van der Waals surface area contributed by atoms with Crippen LogP contribution in [0.15, 0.2) is 18.2 Å². The van der Waals surface area contributed by atoms with E-state index >= 15 is 0 Å². The van der Waals surface area contributed by atoms with Crippen LogP contribution in [0.2, 0.25) is 0 Å². The number of anilines is 2. The fraction of sp³-hybridized carbons (Fsp3) is 0.647. The molecular formula is C17H28N2. The largest absolute Gasteiger partial charge is 0.399 e. The summed E-state index contributed by atoms with van der Waals surface area (Å²) >= 11 is 0. The topological polar surface area (TPSA) is 29.3 Å². The van der Waals surface area contributed by atoms with Crippen LogP contribution in [0.1, 0.15) is 45.6 Å². The third-order valence-electron chi connectivity index (χ3n) is 4.53. The van der Waals surface area contributed by atoms with Crippen LogP contribution in [-0.4, -0.2) is 13.1 Å². The van der Waals surface area contributed by atoms with Crippen LogP contribution in [-0.2, 0) is 0 Å². The highest BCUT2D eigenvalue weighted by molar-refractivity contribution is 5.60. The summed E-state index contributed by atoms with van der Waals surface area (Å²) in [7, 11) is 0. The van der Waals surface area contributed by atoms with E-state index in [0.717, 1.165) is 24.7 Å². The second-order valence-electron chi connectivity index (χ2n) is 7.03. The summed E-state index contributed by atoms with van der Waals surface area (Å²) in [5.74, 6) is 0.832. The number of nitrogens with two attached hydrogens (primary N) is 1. The van der Waals surface area contributed by atoms with Gasteiger partial charge in [-0.2, -0.15) is 0 Å². The molecule has 0 spiro atoms. The molecular weight excluding hydrogens is 232 g/mol. The van der Waals surface area contributed by atoms with Crippen LogP contribution in [0.4, 0.5) is 11.4 Å². The molecule has 19 heavy (non-hydrogen) atoms. The van der Waals surface area contributed by atoms with Crippen molar-refractivity contribution in [2.75, 3.05) is 23.7 Å². The quantitative estimate of drug-likeness (QED) is 0.766. The average Bonchev–Trinajstić information content (AvgIpc) is 2.57. The zero-order valence-corrected chi connectivity index (χ0v) is 12.9. The van der Waals surface area contributed by atoms with Crippen LogP contribution in [0.3, 0.4) is 0 Å². The number of aryl methyl sites for hydroxylation is 1. The zero-order valence-electron chi connectivity index (χ0n) is 12.9. The van der Waals surface area contributed by atoms with Crippen molar-refractivity contribution in [3.8, 4) is 0 Å². The Morgan fingerprint density at radius 2 is 1.89 bits per heavy atom. The number of rotatable bonds is 1. The van der Waals surface area contributed by atoms with Crippen LogP contribution >= 0.6 is 0 Å². The van der Waals surface area contributed by atoms with Crippen molar-refractivity contribution in [3.05, 3.63) is 23.8 Å². The zero-order chi connectivity index (χ0) is 14.0. The summed E-state index contributed by atoms with van der Waals surface area (Å²) in [6.07, 6.45) is 3.93. The van der Waals surface area contributed by atoms with Crippen molar-refractivity contribution in [3.63, 3.8) is 0 Å². The van der Waals surface area contributed by atoms with Gasteiger partial charge in [-0.3, -0.25) is 0 Å². The van der Waals surface area contributed by atoms with Gasteiger partial charge in [0.25, 0.3) is 0 Å². The first kappa shape index (κ1) is 14.2. The van der Waals surface area contributed by atoms with Crippen LogP contribution in [0.25, 0.3) is 0 Å². The highest BCUT2D eigenvalue weighted by Gasteiger charge is 2.27. The summed E-state index contributed by atoms with van der Waals surface area (Å²) in [4.78, 5) is 2.53. The van der Waals surface area contributed by atoms with Crippen molar-refractivity contribution in [2.24, 2.45) is 11.3 Å². The molecule has 1 aromatic rings. The Hall–Kier alpha value is -1.18. The minimum atomic E-state index is 0.431. The second-order valence-corrected chi connectivity index (χ2v) is 7.03. The van der Waals surface area contributed by atoms with Gasteiger partial charge in [-0.1, -0.05) is 26.8 Å². The first-order valence-electron chi connectivity index (χ1n) is 7.49. The van der Waals surface area contributed by atoms with Gasteiger partial charge in [0.05, 0.1) is 0 Å². The Bertz CT molecular complexity index is 431. The SMILES string of the molecule is Cc1ccc(N)cc1N1CCCC(C(C)(C)C)CC1. The monoisotopic (exact) mass is 260 g/mol. The first-order chi connectivity index (χ1) is 8.88.